The second-order valence-electron chi connectivity index (χ2n) is 5.37. The third kappa shape index (κ3) is 6.54. The van der Waals surface area contributed by atoms with E-state index >= 15 is 0 Å². The Morgan fingerprint density at radius 2 is 1.74 bits per heavy atom. The lowest BCUT2D eigenvalue weighted by atomic mass is 10.1. The van der Waals surface area contributed by atoms with Gasteiger partial charge in [-0.1, -0.05) is 36.4 Å². The van der Waals surface area contributed by atoms with E-state index in [0.29, 0.717) is 0 Å². The third-order valence-corrected chi connectivity index (χ3v) is 6.70. The minimum atomic E-state index is -2.46. The zero-order chi connectivity index (χ0) is 17.1. The summed E-state index contributed by atoms with van der Waals surface area (Å²) in [6.07, 6.45) is 3.02. The van der Waals surface area contributed by atoms with E-state index in [1.807, 2.05) is 24.3 Å². The molecule has 130 valence electrons. The highest BCUT2D eigenvalue weighted by Gasteiger charge is 2.36. The monoisotopic (exact) mass is 338 g/mol. The van der Waals surface area contributed by atoms with Crippen molar-refractivity contribution >= 4 is 8.80 Å². The fourth-order valence-corrected chi connectivity index (χ4v) is 4.19. The SMILES string of the molecule is C=CC(NC(C)NCCC[Si](OC)(OC)OC)c1ccccc1. The van der Waals surface area contributed by atoms with Crippen LogP contribution in [0.3, 0.4) is 0 Å². The van der Waals surface area contributed by atoms with Crippen molar-refractivity contribution in [2.24, 2.45) is 0 Å². The van der Waals surface area contributed by atoms with E-state index in [1.165, 1.54) is 5.56 Å². The van der Waals surface area contributed by atoms with Crippen molar-refractivity contribution in [2.45, 2.75) is 31.6 Å². The zero-order valence-electron chi connectivity index (χ0n) is 14.7. The highest BCUT2D eigenvalue weighted by Crippen LogP contribution is 2.15. The number of benzene rings is 1. The van der Waals surface area contributed by atoms with Gasteiger partial charge in [-0.05, 0) is 25.5 Å². The van der Waals surface area contributed by atoms with E-state index in [1.54, 1.807) is 21.3 Å². The summed E-state index contributed by atoms with van der Waals surface area (Å²) < 4.78 is 16.3. The van der Waals surface area contributed by atoms with E-state index in [-0.39, 0.29) is 12.2 Å². The number of hydrogen-bond donors (Lipinski definition) is 2. The second-order valence-corrected chi connectivity index (χ2v) is 8.46. The lowest BCUT2D eigenvalue weighted by Crippen LogP contribution is -2.45. The van der Waals surface area contributed by atoms with Gasteiger partial charge in [0.25, 0.3) is 0 Å². The highest BCUT2D eigenvalue weighted by molar-refractivity contribution is 6.60. The molecular formula is C17H30N2O3Si. The molecule has 0 spiro atoms. The first kappa shape index (κ1) is 20.0. The van der Waals surface area contributed by atoms with Crippen LogP contribution >= 0.6 is 0 Å². The standard InChI is InChI=1S/C17H30N2O3Si/c1-6-17(16-11-8-7-9-12-16)19-15(2)18-13-10-14-23(20-3,21-4)22-5/h6-9,11-12,15,17-19H,1,10,13-14H2,2-5H3. The smallest absolute Gasteiger partial charge is 0.377 e. The minimum Gasteiger partial charge on any atom is -0.377 e. The summed E-state index contributed by atoms with van der Waals surface area (Å²) in [6.45, 7) is 6.88. The maximum atomic E-state index is 5.42. The molecule has 0 saturated carbocycles. The van der Waals surface area contributed by atoms with Crippen LogP contribution in [0.25, 0.3) is 0 Å². The van der Waals surface area contributed by atoms with Gasteiger partial charge in [-0.2, -0.15) is 0 Å². The minimum absolute atomic E-state index is 0.129. The molecule has 1 rings (SSSR count). The van der Waals surface area contributed by atoms with Gasteiger partial charge in [0.15, 0.2) is 0 Å². The summed E-state index contributed by atoms with van der Waals surface area (Å²) >= 11 is 0. The summed E-state index contributed by atoms with van der Waals surface area (Å²) in [5.41, 5.74) is 1.21. The second kappa shape index (κ2) is 10.7. The number of rotatable bonds is 12. The topological polar surface area (TPSA) is 51.8 Å². The fourth-order valence-electron chi connectivity index (χ4n) is 2.47. The van der Waals surface area contributed by atoms with Crippen molar-refractivity contribution in [1.82, 2.24) is 10.6 Å². The van der Waals surface area contributed by atoms with E-state index in [0.717, 1.165) is 19.0 Å². The summed E-state index contributed by atoms with van der Waals surface area (Å²) in [5, 5.41) is 6.97. The van der Waals surface area contributed by atoms with Crippen LogP contribution < -0.4 is 10.6 Å². The van der Waals surface area contributed by atoms with Crippen molar-refractivity contribution < 1.29 is 13.3 Å². The van der Waals surface area contributed by atoms with Crippen LogP contribution in [0.15, 0.2) is 43.0 Å². The molecule has 1 aromatic carbocycles. The maximum Gasteiger partial charge on any atom is 0.500 e. The molecule has 0 aliphatic rings. The molecule has 0 fully saturated rings. The lowest BCUT2D eigenvalue weighted by Gasteiger charge is -2.25. The predicted molar refractivity (Wildman–Crippen MR) is 96.2 cm³/mol. The van der Waals surface area contributed by atoms with Gasteiger partial charge in [0, 0.05) is 27.4 Å². The molecule has 2 unspecified atom stereocenters. The molecule has 6 heteroatoms. The lowest BCUT2D eigenvalue weighted by molar-refractivity contribution is 0.123. The largest absolute Gasteiger partial charge is 0.500 e. The van der Waals surface area contributed by atoms with E-state index in [9.17, 15) is 0 Å². The first-order chi connectivity index (χ1) is 11.1. The Balaban J connectivity index is 2.36. The first-order valence-electron chi connectivity index (χ1n) is 7.93. The quantitative estimate of drug-likeness (QED) is 0.266. The average molecular weight is 339 g/mol. The van der Waals surface area contributed by atoms with Crippen LogP contribution in [0, 0.1) is 0 Å². The Morgan fingerprint density at radius 1 is 1.13 bits per heavy atom. The van der Waals surface area contributed by atoms with E-state index in [2.05, 4.69) is 36.3 Å². The number of nitrogens with one attached hydrogen (secondary N) is 2. The van der Waals surface area contributed by atoms with Gasteiger partial charge in [0.05, 0.1) is 12.2 Å². The molecule has 1 aromatic rings. The summed E-state index contributed by atoms with van der Waals surface area (Å²) in [6, 6.07) is 11.2. The summed E-state index contributed by atoms with van der Waals surface area (Å²) in [4.78, 5) is 0. The van der Waals surface area contributed by atoms with Gasteiger partial charge in [0.2, 0.25) is 0 Å². The first-order valence-corrected chi connectivity index (χ1v) is 9.86. The molecular weight excluding hydrogens is 308 g/mol. The molecule has 0 radical (unpaired) electrons. The predicted octanol–water partition coefficient (Wildman–Crippen LogP) is 2.71. The summed E-state index contributed by atoms with van der Waals surface area (Å²) in [5.74, 6) is 0. The summed E-state index contributed by atoms with van der Waals surface area (Å²) in [7, 11) is 2.48. The Labute approximate surface area is 141 Å². The molecule has 5 nitrogen and oxygen atoms in total. The third-order valence-electron chi connectivity index (χ3n) is 3.87. The van der Waals surface area contributed by atoms with Crippen molar-refractivity contribution in [2.75, 3.05) is 27.9 Å². The van der Waals surface area contributed by atoms with Crippen LogP contribution in [0.2, 0.25) is 6.04 Å². The maximum absolute atomic E-state index is 5.42. The van der Waals surface area contributed by atoms with Crippen LogP contribution in [0.5, 0.6) is 0 Å². The van der Waals surface area contributed by atoms with Crippen LogP contribution in [0.4, 0.5) is 0 Å². The number of hydrogen-bond acceptors (Lipinski definition) is 5. The molecule has 0 amide bonds. The highest BCUT2D eigenvalue weighted by atomic mass is 28.4. The van der Waals surface area contributed by atoms with E-state index in [4.69, 9.17) is 13.3 Å². The van der Waals surface area contributed by atoms with Gasteiger partial charge >= 0.3 is 8.80 Å². The Bertz CT molecular complexity index is 432. The molecule has 2 N–H and O–H groups in total. The van der Waals surface area contributed by atoms with Gasteiger partial charge in [0.1, 0.15) is 0 Å². The Morgan fingerprint density at radius 3 is 2.26 bits per heavy atom. The van der Waals surface area contributed by atoms with Crippen molar-refractivity contribution in [3.63, 3.8) is 0 Å². The van der Waals surface area contributed by atoms with Gasteiger partial charge in [-0.25, -0.2) is 0 Å². The Hall–Kier alpha value is -1.02. The molecule has 2 atom stereocenters. The van der Waals surface area contributed by atoms with Crippen LogP contribution in [0.1, 0.15) is 24.9 Å². The molecule has 0 aliphatic heterocycles. The van der Waals surface area contributed by atoms with Crippen LogP contribution in [-0.2, 0) is 13.3 Å². The van der Waals surface area contributed by atoms with Crippen molar-refractivity contribution in [3.05, 3.63) is 48.6 Å². The molecule has 0 saturated heterocycles. The van der Waals surface area contributed by atoms with Gasteiger partial charge in [-0.3, -0.25) is 5.32 Å². The van der Waals surface area contributed by atoms with Crippen molar-refractivity contribution in [1.29, 1.82) is 0 Å². The zero-order valence-corrected chi connectivity index (χ0v) is 15.7. The van der Waals surface area contributed by atoms with Gasteiger partial charge in [-0.15, -0.1) is 6.58 Å². The molecule has 0 bridgehead atoms. The van der Waals surface area contributed by atoms with E-state index < -0.39 is 8.80 Å². The molecule has 23 heavy (non-hydrogen) atoms. The van der Waals surface area contributed by atoms with Crippen LogP contribution in [-0.4, -0.2) is 42.8 Å². The molecule has 0 aromatic heterocycles. The molecule has 0 aliphatic carbocycles. The van der Waals surface area contributed by atoms with Gasteiger partial charge < -0.3 is 18.6 Å². The average Bonchev–Trinajstić information content (AvgIpc) is 2.61. The fraction of sp³-hybridized carbons (Fsp3) is 0.529. The van der Waals surface area contributed by atoms with Crippen molar-refractivity contribution in [3.8, 4) is 0 Å². The molecule has 0 heterocycles. The normalized spacial score (nSPS) is 14.4. The Kier molecular flexibility index (Phi) is 9.31.